The number of sulfonamides is 1. The van der Waals surface area contributed by atoms with E-state index in [0.717, 1.165) is 38.3 Å². The van der Waals surface area contributed by atoms with Gasteiger partial charge in [0, 0.05) is 37.2 Å². The highest BCUT2D eigenvalue weighted by atomic mass is 79.9. The maximum atomic E-state index is 12.5. The molecule has 3 aromatic rings. The molecule has 0 spiro atoms. The van der Waals surface area contributed by atoms with E-state index in [1.165, 1.54) is 11.3 Å². The predicted molar refractivity (Wildman–Crippen MR) is 154 cm³/mol. The first kappa shape index (κ1) is 25.7. The van der Waals surface area contributed by atoms with Gasteiger partial charge in [-0.3, -0.25) is 4.72 Å². The minimum absolute atomic E-state index is 0.308. The average molecular weight is 587 g/mol. The van der Waals surface area contributed by atoms with Crippen LogP contribution in [-0.4, -0.2) is 61.8 Å². The Morgan fingerprint density at radius 2 is 1.78 bits per heavy atom. The Morgan fingerprint density at radius 3 is 2.54 bits per heavy atom. The molecule has 0 radical (unpaired) electrons. The lowest BCUT2D eigenvalue weighted by Crippen LogP contribution is -2.29. The predicted octanol–water partition coefficient (Wildman–Crippen LogP) is 5.08. The Labute approximate surface area is 226 Å². The van der Waals surface area contributed by atoms with E-state index in [0.29, 0.717) is 40.5 Å². The van der Waals surface area contributed by atoms with Crippen LogP contribution in [0.4, 0.5) is 34.5 Å². The number of hydrogen-bond acceptors (Lipinski definition) is 8. The van der Waals surface area contributed by atoms with E-state index in [-0.39, 0.29) is 5.25 Å². The van der Waals surface area contributed by atoms with Gasteiger partial charge in [-0.05, 0) is 91.6 Å². The second-order valence-electron chi connectivity index (χ2n) is 9.68. The minimum atomic E-state index is -3.39. The Balaban J connectivity index is 1.32. The van der Waals surface area contributed by atoms with Gasteiger partial charge < -0.3 is 20.4 Å². The van der Waals surface area contributed by atoms with Gasteiger partial charge in [0.2, 0.25) is 16.0 Å². The summed E-state index contributed by atoms with van der Waals surface area (Å²) < 4.78 is 28.4. The quantitative estimate of drug-likeness (QED) is 0.336. The van der Waals surface area contributed by atoms with Crippen LogP contribution in [0.15, 0.2) is 53.1 Å². The number of aryl methyl sites for hydroxylation is 1. The molecular weight excluding hydrogens is 554 g/mol. The molecule has 2 fully saturated rings. The maximum absolute atomic E-state index is 12.5. The normalized spacial score (nSPS) is 16.8. The first-order valence-corrected chi connectivity index (χ1v) is 14.8. The van der Waals surface area contributed by atoms with Crippen molar-refractivity contribution in [2.75, 3.05) is 53.5 Å². The van der Waals surface area contributed by atoms with E-state index >= 15 is 0 Å². The summed E-state index contributed by atoms with van der Waals surface area (Å²) in [6.07, 6.45) is 4.23. The number of rotatable bonds is 8. The van der Waals surface area contributed by atoms with Crippen LogP contribution in [0.2, 0.25) is 0 Å². The van der Waals surface area contributed by atoms with Crippen LogP contribution >= 0.6 is 15.9 Å². The Kier molecular flexibility index (Phi) is 7.55. The Morgan fingerprint density at radius 1 is 1.00 bits per heavy atom. The first-order chi connectivity index (χ1) is 17.8. The van der Waals surface area contributed by atoms with Gasteiger partial charge in [-0.1, -0.05) is 12.1 Å². The number of anilines is 6. The van der Waals surface area contributed by atoms with Gasteiger partial charge in [-0.15, -0.1) is 0 Å². The summed E-state index contributed by atoms with van der Waals surface area (Å²) in [4.78, 5) is 13.9. The highest BCUT2D eigenvalue weighted by molar-refractivity contribution is 9.10. The van der Waals surface area contributed by atoms with Crippen LogP contribution < -0.4 is 20.3 Å². The molecule has 1 saturated carbocycles. The molecule has 1 aliphatic carbocycles. The third-order valence-corrected chi connectivity index (χ3v) is 9.09. The summed E-state index contributed by atoms with van der Waals surface area (Å²) in [5.74, 6) is 0.961. The van der Waals surface area contributed by atoms with Crippen molar-refractivity contribution < 1.29 is 8.42 Å². The summed E-state index contributed by atoms with van der Waals surface area (Å²) in [5, 5.41) is 6.24. The zero-order chi connectivity index (χ0) is 26.0. The molecule has 2 aliphatic rings. The summed E-state index contributed by atoms with van der Waals surface area (Å²) in [6, 6.07) is 13.5. The topological polar surface area (TPSA) is 102 Å². The van der Waals surface area contributed by atoms with Gasteiger partial charge in [0.1, 0.15) is 5.82 Å². The van der Waals surface area contributed by atoms with Crippen molar-refractivity contribution >= 4 is 60.5 Å². The van der Waals surface area contributed by atoms with E-state index in [9.17, 15) is 8.42 Å². The number of likely N-dealkylation sites (N-methyl/N-ethyl adjacent to an activating group) is 1. The van der Waals surface area contributed by atoms with Crippen LogP contribution in [0.5, 0.6) is 0 Å². The highest BCUT2D eigenvalue weighted by Crippen LogP contribution is 2.34. The lowest BCUT2D eigenvalue weighted by Gasteiger charge is -2.25. The molecule has 196 valence electrons. The second-order valence-corrected chi connectivity index (χ2v) is 12.5. The molecule has 0 unspecified atom stereocenters. The molecule has 37 heavy (non-hydrogen) atoms. The molecule has 0 amide bonds. The first-order valence-electron chi connectivity index (χ1n) is 12.5. The number of hydrogen-bond donors (Lipinski definition) is 3. The van der Waals surface area contributed by atoms with Crippen molar-refractivity contribution in [2.24, 2.45) is 0 Å². The largest absolute Gasteiger partial charge is 0.370 e. The number of halogens is 1. The lowest BCUT2D eigenvalue weighted by molar-refractivity contribution is 0.360. The molecular formula is C26H32BrN7O2S. The van der Waals surface area contributed by atoms with Gasteiger partial charge in [-0.2, -0.15) is 4.98 Å². The number of para-hydroxylation sites is 2. The Hall–Kier alpha value is -2.89. The molecule has 1 aliphatic heterocycles. The van der Waals surface area contributed by atoms with Crippen molar-refractivity contribution in [1.29, 1.82) is 0 Å². The summed E-state index contributed by atoms with van der Waals surface area (Å²) in [7, 11) is -1.21. The highest BCUT2D eigenvalue weighted by Gasteiger charge is 2.36. The van der Waals surface area contributed by atoms with E-state index in [2.05, 4.69) is 83.2 Å². The van der Waals surface area contributed by atoms with Crippen molar-refractivity contribution in [2.45, 2.75) is 31.4 Å². The van der Waals surface area contributed by atoms with E-state index in [4.69, 9.17) is 0 Å². The molecule has 9 nitrogen and oxygen atoms in total. The van der Waals surface area contributed by atoms with Crippen molar-refractivity contribution in [3.8, 4) is 0 Å². The summed E-state index contributed by atoms with van der Waals surface area (Å²) in [5.41, 5.74) is 4.45. The van der Waals surface area contributed by atoms with Crippen LogP contribution in [0.3, 0.4) is 0 Å². The minimum Gasteiger partial charge on any atom is -0.370 e. The second kappa shape index (κ2) is 10.8. The number of nitrogens with zero attached hydrogens (tertiary/aromatic N) is 4. The Bertz CT molecular complexity index is 1380. The van der Waals surface area contributed by atoms with Crippen LogP contribution in [0.1, 0.15) is 24.8 Å². The van der Waals surface area contributed by atoms with E-state index in [1.54, 1.807) is 18.3 Å². The van der Waals surface area contributed by atoms with Gasteiger partial charge in [-0.25, -0.2) is 13.4 Å². The monoisotopic (exact) mass is 585 g/mol. The van der Waals surface area contributed by atoms with E-state index < -0.39 is 10.0 Å². The molecule has 2 heterocycles. The number of aromatic nitrogens is 2. The van der Waals surface area contributed by atoms with Crippen molar-refractivity contribution in [3.05, 3.63) is 58.7 Å². The molecule has 1 saturated heterocycles. The van der Waals surface area contributed by atoms with E-state index in [1.807, 2.05) is 12.1 Å². The van der Waals surface area contributed by atoms with Gasteiger partial charge in [0.15, 0.2) is 0 Å². The number of benzene rings is 2. The zero-order valence-corrected chi connectivity index (χ0v) is 23.4. The molecule has 2 aromatic carbocycles. The fourth-order valence-corrected chi connectivity index (χ4v) is 6.14. The van der Waals surface area contributed by atoms with Gasteiger partial charge in [0.25, 0.3) is 0 Å². The van der Waals surface area contributed by atoms with Crippen molar-refractivity contribution in [3.63, 3.8) is 0 Å². The molecule has 5 rings (SSSR count). The lowest BCUT2D eigenvalue weighted by atomic mass is 10.1. The van der Waals surface area contributed by atoms with Crippen LogP contribution in [0.25, 0.3) is 0 Å². The average Bonchev–Trinajstić information content (AvgIpc) is 3.72. The van der Waals surface area contributed by atoms with Gasteiger partial charge in [0.05, 0.1) is 21.1 Å². The standard InChI is InChI=1S/C26H32BrN7O2S/c1-18-16-19(8-11-24(18)34-13-5-12-33(2)14-15-34)29-26-28-17-21(27)25(31-26)30-22-6-3-4-7-23(22)32-37(35,36)20-9-10-20/h3-4,6-8,11,16-17,20,32H,5,9-10,12-15H2,1-2H3,(H2,28,29,30,31). The summed E-state index contributed by atoms with van der Waals surface area (Å²) in [6.45, 7) is 6.40. The molecule has 0 bridgehead atoms. The zero-order valence-electron chi connectivity index (χ0n) is 21.0. The SMILES string of the molecule is Cc1cc(Nc2ncc(Br)c(Nc3ccccc3NS(=O)(=O)C3CC3)n2)ccc1N1CCCN(C)CC1. The van der Waals surface area contributed by atoms with Crippen molar-refractivity contribution in [1.82, 2.24) is 14.9 Å². The van der Waals surface area contributed by atoms with Crippen LogP contribution in [-0.2, 0) is 10.0 Å². The fraction of sp³-hybridized carbons (Fsp3) is 0.385. The maximum Gasteiger partial charge on any atom is 0.235 e. The molecule has 1 aromatic heterocycles. The summed E-state index contributed by atoms with van der Waals surface area (Å²) >= 11 is 3.51. The molecule has 3 N–H and O–H groups in total. The van der Waals surface area contributed by atoms with Crippen LogP contribution in [0, 0.1) is 6.92 Å². The smallest absolute Gasteiger partial charge is 0.235 e. The number of nitrogens with one attached hydrogen (secondary N) is 3. The van der Waals surface area contributed by atoms with Gasteiger partial charge >= 0.3 is 0 Å². The third kappa shape index (κ3) is 6.34. The molecule has 0 atom stereocenters. The third-order valence-electron chi connectivity index (χ3n) is 6.65. The molecule has 11 heteroatoms. The fourth-order valence-electron chi connectivity index (χ4n) is 4.44.